The molecule has 1 rings (SSSR count). The Morgan fingerprint density at radius 3 is 2.94 bits per heavy atom. The van der Waals surface area contributed by atoms with E-state index >= 15 is 0 Å². The lowest BCUT2D eigenvalue weighted by Gasteiger charge is -2.07. The molecular weight excluding hydrogens is 228 g/mol. The highest BCUT2D eigenvalue weighted by Crippen LogP contribution is 2.16. The summed E-state index contributed by atoms with van der Waals surface area (Å²) in [5.41, 5.74) is -0.404. The third-order valence-electron chi connectivity index (χ3n) is 2.21. The number of amides is 1. The van der Waals surface area contributed by atoms with Gasteiger partial charge in [0.05, 0.1) is 6.61 Å². The van der Waals surface area contributed by atoms with Crippen molar-refractivity contribution in [1.29, 1.82) is 0 Å². The van der Waals surface area contributed by atoms with Crippen molar-refractivity contribution in [2.75, 3.05) is 27.2 Å². The Labute approximate surface area is 102 Å². The molecule has 1 N–H and O–H groups in total. The third-order valence-corrected chi connectivity index (χ3v) is 2.60. The van der Waals surface area contributed by atoms with Gasteiger partial charge in [0.25, 0.3) is 0 Å². The molecule has 0 spiro atoms. The summed E-state index contributed by atoms with van der Waals surface area (Å²) in [5, 5.41) is 2.65. The smallest absolute Gasteiger partial charge is 0.244 e. The maximum Gasteiger partial charge on any atom is 0.244 e. The van der Waals surface area contributed by atoms with Gasteiger partial charge in [-0.2, -0.15) is 0 Å². The molecule has 1 aliphatic heterocycles. The summed E-state index contributed by atoms with van der Waals surface area (Å²) in [6.07, 6.45) is 5.35. The van der Waals surface area contributed by atoms with E-state index in [9.17, 15) is 4.79 Å². The lowest BCUT2D eigenvalue weighted by Crippen LogP contribution is -2.33. The van der Waals surface area contributed by atoms with Gasteiger partial charge >= 0.3 is 0 Å². The molecule has 92 valence electrons. The van der Waals surface area contributed by atoms with Gasteiger partial charge in [0, 0.05) is 0 Å². The molecule has 1 aliphatic rings. The number of allylic oxidation sites excluding steroid dienone is 1. The molecule has 2 atom stereocenters. The van der Waals surface area contributed by atoms with E-state index in [1.54, 1.807) is 0 Å². The number of halogens is 1. The molecule has 0 saturated carbocycles. The third kappa shape index (κ3) is 6.10. The molecule has 5 heteroatoms. The zero-order valence-corrected chi connectivity index (χ0v) is 10.5. The minimum Gasteiger partial charge on any atom is -0.370 e. The number of ether oxygens (including phenoxy) is 1. The Balaban J connectivity index is 2.05. The Bertz CT molecular complexity index is 252. The van der Waals surface area contributed by atoms with Crippen molar-refractivity contribution in [2.24, 2.45) is 0 Å². The van der Waals surface area contributed by atoms with Crippen LogP contribution in [-0.4, -0.2) is 49.7 Å². The number of nitrogens with one attached hydrogen (secondary N) is 1. The van der Waals surface area contributed by atoms with Crippen LogP contribution < -0.4 is 5.32 Å². The van der Waals surface area contributed by atoms with Gasteiger partial charge < -0.3 is 15.0 Å². The second-order valence-corrected chi connectivity index (χ2v) is 4.60. The summed E-state index contributed by atoms with van der Waals surface area (Å²) in [5.74, 6) is -0.152. The Hall–Kier alpha value is -0.580. The second kappa shape index (κ2) is 6.89. The molecule has 1 heterocycles. The van der Waals surface area contributed by atoms with Gasteiger partial charge in [-0.05, 0) is 39.6 Å². The first-order valence-electron chi connectivity index (χ1n) is 5.47. The average molecular weight is 247 g/mol. The van der Waals surface area contributed by atoms with Crippen LogP contribution in [0, 0.1) is 0 Å². The topological polar surface area (TPSA) is 44.9 Å². The summed E-state index contributed by atoms with van der Waals surface area (Å²) in [6.45, 7) is 1.67. The number of rotatable bonds is 7. The fourth-order valence-electron chi connectivity index (χ4n) is 1.22. The van der Waals surface area contributed by atoms with E-state index in [0.29, 0.717) is 6.61 Å². The molecule has 0 aromatic carbocycles. The zero-order chi connectivity index (χ0) is 12.0. The van der Waals surface area contributed by atoms with Gasteiger partial charge in [-0.25, -0.2) is 0 Å². The first-order chi connectivity index (χ1) is 7.59. The van der Waals surface area contributed by atoms with Gasteiger partial charge in [-0.1, -0.05) is 17.7 Å². The monoisotopic (exact) mass is 246 g/mol. The van der Waals surface area contributed by atoms with Crippen LogP contribution in [0.5, 0.6) is 0 Å². The van der Waals surface area contributed by atoms with Gasteiger partial charge in [0.2, 0.25) is 5.91 Å². The van der Waals surface area contributed by atoms with E-state index in [2.05, 4.69) is 10.2 Å². The normalized spacial score (nSPS) is 21.4. The van der Waals surface area contributed by atoms with Gasteiger partial charge in [0.1, 0.15) is 11.6 Å². The first-order valence-corrected chi connectivity index (χ1v) is 5.90. The fourth-order valence-corrected chi connectivity index (χ4v) is 1.47. The van der Waals surface area contributed by atoms with Crippen molar-refractivity contribution in [1.82, 2.24) is 10.2 Å². The summed E-state index contributed by atoms with van der Waals surface area (Å²) >= 11 is 5.86. The van der Waals surface area contributed by atoms with Crippen LogP contribution in [0.2, 0.25) is 0 Å². The van der Waals surface area contributed by atoms with Gasteiger partial charge in [-0.15, -0.1) is 0 Å². The number of carbonyl (C=O) groups is 1. The zero-order valence-electron chi connectivity index (χ0n) is 9.78. The van der Waals surface area contributed by atoms with E-state index in [-0.39, 0.29) is 12.0 Å². The Morgan fingerprint density at radius 1 is 1.69 bits per heavy atom. The summed E-state index contributed by atoms with van der Waals surface area (Å²) in [6, 6.07) is 0. The van der Waals surface area contributed by atoms with Crippen LogP contribution in [0.15, 0.2) is 12.2 Å². The molecule has 0 aliphatic carbocycles. The van der Waals surface area contributed by atoms with Gasteiger partial charge in [-0.3, -0.25) is 4.79 Å². The maximum absolute atomic E-state index is 11.3. The lowest BCUT2D eigenvalue weighted by molar-refractivity contribution is -0.116. The van der Waals surface area contributed by atoms with E-state index in [0.717, 1.165) is 19.4 Å². The van der Waals surface area contributed by atoms with E-state index in [4.69, 9.17) is 16.3 Å². The molecule has 0 bridgehead atoms. The molecule has 16 heavy (non-hydrogen) atoms. The number of nitrogens with zero attached hydrogens (tertiary/aromatic N) is 1. The molecule has 2 unspecified atom stereocenters. The number of carbonyl (C=O) groups excluding carboxylic acids is 1. The molecular formula is C11H19ClN2O2. The van der Waals surface area contributed by atoms with Crippen LogP contribution >= 0.6 is 11.6 Å². The highest BCUT2D eigenvalue weighted by atomic mass is 35.5. The van der Waals surface area contributed by atoms with Crippen LogP contribution in [0.1, 0.15) is 12.8 Å². The highest BCUT2D eigenvalue weighted by molar-refractivity contribution is 6.22. The maximum atomic E-state index is 11.3. The van der Waals surface area contributed by atoms with Crippen molar-refractivity contribution in [3.63, 3.8) is 0 Å². The predicted octanol–water partition coefficient (Wildman–Crippen LogP) is 0.964. The number of hydrogen-bond donors (Lipinski definition) is 1. The number of epoxide rings is 1. The van der Waals surface area contributed by atoms with E-state index < -0.39 is 5.50 Å². The van der Waals surface area contributed by atoms with Crippen molar-refractivity contribution < 1.29 is 9.53 Å². The summed E-state index contributed by atoms with van der Waals surface area (Å²) in [7, 11) is 4.06. The first kappa shape index (κ1) is 13.5. The molecule has 1 fully saturated rings. The predicted molar refractivity (Wildman–Crippen MR) is 64.5 cm³/mol. The Kier molecular flexibility index (Phi) is 5.80. The van der Waals surface area contributed by atoms with Crippen molar-refractivity contribution >= 4 is 17.5 Å². The SMILES string of the molecule is CN(C)CCCC=CC(=O)NC(Cl)C1CO1. The van der Waals surface area contributed by atoms with Crippen LogP contribution in [0.3, 0.4) is 0 Å². The summed E-state index contributed by atoms with van der Waals surface area (Å²) in [4.78, 5) is 13.5. The number of hydrogen-bond acceptors (Lipinski definition) is 3. The van der Waals surface area contributed by atoms with Crippen molar-refractivity contribution in [2.45, 2.75) is 24.4 Å². The number of unbranched alkanes of at least 4 members (excludes halogenated alkanes) is 1. The van der Waals surface area contributed by atoms with E-state index in [1.165, 1.54) is 6.08 Å². The minimum atomic E-state index is -0.404. The molecule has 0 radical (unpaired) electrons. The van der Waals surface area contributed by atoms with Crippen molar-refractivity contribution in [3.05, 3.63) is 12.2 Å². The molecule has 0 aromatic heterocycles. The quantitative estimate of drug-likeness (QED) is 0.239. The lowest BCUT2D eigenvalue weighted by atomic mass is 10.3. The molecule has 0 aromatic rings. The van der Waals surface area contributed by atoms with Gasteiger partial charge in [0.15, 0.2) is 0 Å². The second-order valence-electron chi connectivity index (χ2n) is 4.13. The average Bonchev–Trinajstić information content (AvgIpc) is 2.99. The van der Waals surface area contributed by atoms with Crippen LogP contribution in [0.25, 0.3) is 0 Å². The largest absolute Gasteiger partial charge is 0.370 e. The van der Waals surface area contributed by atoms with Crippen LogP contribution in [0.4, 0.5) is 0 Å². The molecule has 1 saturated heterocycles. The standard InChI is InChI=1S/C11H19ClN2O2/c1-14(2)7-5-3-4-6-10(15)13-11(12)9-8-16-9/h4,6,9,11H,3,5,7-8H2,1-2H3,(H,13,15). The summed E-state index contributed by atoms with van der Waals surface area (Å²) < 4.78 is 4.96. The van der Waals surface area contributed by atoms with Crippen LogP contribution in [-0.2, 0) is 9.53 Å². The minimum absolute atomic E-state index is 0.00671. The number of alkyl halides is 1. The fraction of sp³-hybridized carbons (Fsp3) is 0.727. The highest BCUT2D eigenvalue weighted by Gasteiger charge is 2.31. The molecule has 1 amide bonds. The van der Waals surface area contributed by atoms with E-state index in [1.807, 2.05) is 20.2 Å². The Morgan fingerprint density at radius 2 is 2.38 bits per heavy atom. The molecule has 4 nitrogen and oxygen atoms in total. The van der Waals surface area contributed by atoms with Crippen molar-refractivity contribution in [3.8, 4) is 0 Å².